The van der Waals surface area contributed by atoms with Crippen molar-refractivity contribution >= 4 is 34.4 Å². The molecule has 3 aromatic carbocycles. The minimum Gasteiger partial charge on any atom is -0.399 e. The zero-order valence-corrected chi connectivity index (χ0v) is 18.6. The van der Waals surface area contributed by atoms with Crippen LogP contribution in [0.5, 0.6) is 0 Å². The number of nitrogens with zero attached hydrogens (tertiary/aromatic N) is 1. The zero-order valence-electron chi connectivity index (χ0n) is 18.6. The van der Waals surface area contributed by atoms with Crippen molar-refractivity contribution in [3.05, 3.63) is 71.8 Å². The lowest BCUT2D eigenvalue weighted by Gasteiger charge is -2.32. The summed E-state index contributed by atoms with van der Waals surface area (Å²) in [6, 6.07) is 21.7. The fraction of sp³-hybridized carbons (Fsp3) is 0.308. The second-order valence-electron chi connectivity index (χ2n) is 9.47. The highest BCUT2D eigenvalue weighted by Crippen LogP contribution is 2.39. The smallest absolute Gasteiger partial charge is 0.399 e. The number of rotatable bonds is 2. The maximum Gasteiger partial charge on any atom is 0.495 e. The first-order chi connectivity index (χ1) is 14.2. The summed E-state index contributed by atoms with van der Waals surface area (Å²) in [6.07, 6.45) is 0. The Morgan fingerprint density at radius 2 is 1.47 bits per heavy atom. The first-order valence-electron chi connectivity index (χ1n) is 10.6. The van der Waals surface area contributed by atoms with Gasteiger partial charge in [0, 0.05) is 16.5 Å². The lowest BCUT2D eigenvalue weighted by Crippen LogP contribution is -2.41. The van der Waals surface area contributed by atoms with Gasteiger partial charge in [0.1, 0.15) is 0 Å². The van der Waals surface area contributed by atoms with E-state index in [9.17, 15) is 0 Å². The normalized spacial score (nSPS) is 17.9. The third kappa shape index (κ3) is 2.74. The Labute approximate surface area is 178 Å². The van der Waals surface area contributed by atoms with Crippen molar-refractivity contribution in [2.24, 2.45) is 0 Å². The van der Waals surface area contributed by atoms with E-state index in [0.717, 1.165) is 5.46 Å². The highest BCUT2D eigenvalue weighted by Gasteiger charge is 2.52. The molecule has 1 aliphatic rings. The van der Waals surface area contributed by atoms with Gasteiger partial charge in [-0.05, 0) is 76.3 Å². The van der Waals surface area contributed by atoms with Gasteiger partial charge in [-0.25, -0.2) is 0 Å². The molecule has 4 aromatic rings. The van der Waals surface area contributed by atoms with E-state index in [1.54, 1.807) is 0 Å². The standard InChI is InChI=1S/C26H28BNO2/c1-17-14-15-19-23(16-17)28(21-12-8-7-10-18(21)2)22-13-9-11-20(24(19)22)27-29-25(3,4)26(5,6)30-27/h7-16H,1-6H3. The van der Waals surface area contributed by atoms with Gasteiger partial charge in [-0.15, -0.1) is 0 Å². The molecule has 0 saturated carbocycles. The van der Waals surface area contributed by atoms with E-state index in [2.05, 4.69) is 107 Å². The molecule has 0 spiro atoms. The molecule has 1 fully saturated rings. The molecule has 1 saturated heterocycles. The van der Waals surface area contributed by atoms with Crippen LogP contribution in [0, 0.1) is 13.8 Å². The van der Waals surface area contributed by atoms with Gasteiger partial charge < -0.3 is 13.9 Å². The molecular weight excluding hydrogens is 369 g/mol. The van der Waals surface area contributed by atoms with Crippen LogP contribution in [-0.4, -0.2) is 22.9 Å². The summed E-state index contributed by atoms with van der Waals surface area (Å²) in [5.74, 6) is 0. The van der Waals surface area contributed by atoms with Crippen molar-refractivity contribution in [1.82, 2.24) is 4.57 Å². The van der Waals surface area contributed by atoms with Gasteiger partial charge >= 0.3 is 7.12 Å². The number of aromatic nitrogens is 1. The van der Waals surface area contributed by atoms with Gasteiger partial charge in [-0.2, -0.15) is 0 Å². The Balaban J connectivity index is 1.84. The second kappa shape index (κ2) is 6.47. The molecule has 2 heterocycles. The van der Waals surface area contributed by atoms with E-state index in [1.807, 2.05) is 0 Å². The molecule has 4 heteroatoms. The number of hydrogen-bond acceptors (Lipinski definition) is 2. The quantitative estimate of drug-likeness (QED) is 0.405. The molecule has 0 radical (unpaired) electrons. The molecule has 0 N–H and O–H groups in total. The third-order valence-electron chi connectivity index (χ3n) is 6.84. The first kappa shape index (κ1) is 19.4. The van der Waals surface area contributed by atoms with E-state index >= 15 is 0 Å². The number of para-hydroxylation sites is 1. The fourth-order valence-electron chi connectivity index (χ4n) is 4.45. The number of hydrogen-bond donors (Lipinski definition) is 0. The summed E-state index contributed by atoms with van der Waals surface area (Å²) >= 11 is 0. The van der Waals surface area contributed by atoms with Crippen molar-refractivity contribution in [3.63, 3.8) is 0 Å². The summed E-state index contributed by atoms with van der Waals surface area (Å²) in [4.78, 5) is 0. The van der Waals surface area contributed by atoms with E-state index in [1.165, 1.54) is 38.6 Å². The van der Waals surface area contributed by atoms with Crippen molar-refractivity contribution in [1.29, 1.82) is 0 Å². The van der Waals surface area contributed by atoms with Gasteiger partial charge in [-0.1, -0.05) is 42.5 Å². The summed E-state index contributed by atoms with van der Waals surface area (Å²) in [7, 11) is -0.393. The zero-order chi connectivity index (χ0) is 21.3. The van der Waals surface area contributed by atoms with E-state index in [4.69, 9.17) is 9.31 Å². The predicted octanol–water partition coefficient (Wildman–Crippen LogP) is 5.70. The van der Waals surface area contributed by atoms with Crippen LogP contribution in [0.15, 0.2) is 60.7 Å². The molecule has 0 aliphatic carbocycles. The molecule has 0 bridgehead atoms. The maximum absolute atomic E-state index is 6.44. The van der Waals surface area contributed by atoms with Crippen LogP contribution in [0.4, 0.5) is 0 Å². The minimum absolute atomic E-state index is 0.370. The highest BCUT2D eigenvalue weighted by atomic mass is 16.7. The number of benzene rings is 3. The van der Waals surface area contributed by atoms with Crippen molar-refractivity contribution in [2.75, 3.05) is 0 Å². The molecule has 152 valence electrons. The SMILES string of the molecule is Cc1ccc2c3c(B4OC(C)(C)C(C)(C)O4)cccc3n(-c3ccccc3C)c2c1. The van der Waals surface area contributed by atoms with Crippen molar-refractivity contribution in [3.8, 4) is 5.69 Å². The van der Waals surface area contributed by atoms with Crippen molar-refractivity contribution in [2.45, 2.75) is 52.7 Å². The van der Waals surface area contributed by atoms with Crippen LogP contribution in [0.1, 0.15) is 38.8 Å². The van der Waals surface area contributed by atoms with Crippen LogP contribution in [0.2, 0.25) is 0 Å². The van der Waals surface area contributed by atoms with E-state index in [0.29, 0.717) is 0 Å². The first-order valence-corrected chi connectivity index (χ1v) is 10.6. The molecular formula is C26H28BNO2. The molecule has 3 nitrogen and oxygen atoms in total. The molecule has 30 heavy (non-hydrogen) atoms. The van der Waals surface area contributed by atoms with Crippen LogP contribution in [0.25, 0.3) is 27.5 Å². The van der Waals surface area contributed by atoms with E-state index in [-0.39, 0.29) is 11.2 Å². The lowest BCUT2D eigenvalue weighted by atomic mass is 9.76. The van der Waals surface area contributed by atoms with Gasteiger partial charge in [0.15, 0.2) is 0 Å². The Hall–Kier alpha value is -2.56. The second-order valence-corrected chi connectivity index (χ2v) is 9.47. The topological polar surface area (TPSA) is 23.4 Å². The molecule has 0 amide bonds. The molecule has 0 unspecified atom stereocenters. The third-order valence-corrected chi connectivity index (χ3v) is 6.84. The Morgan fingerprint density at radius 1 is 0.767 bits per heavy atom. The van der Waals surface area contributed by atoms with Gasteiger partial charge in [0.05, 0.1) is 22.2 Å². The Bertz CT molecular complexity index is 1270. The summed E-state index contributed by atoms with van der Waals surface area (Å²) in [5.41, 5.74) is 6.44. The van der Waals surface area contributed by atoms with Crippen LogP contribution in [-0.2, 0) is 9.31 Å². The average molecular weight is 397 g/mol. The van der Waals surface area contributed by atoms with Crippen LogP contribution < -0.4 is 5.46 Å². The van der Waals surface area contributed by atoms with Gasteiger partial charge in [-0.3, -0.25) is 0 Å². The Morgan fingerprint density at radius 3 is 2.17 bits per heavy atom. The minimum atomic E-state index is -0.393. The molecule has 1 aromatic heterocycles. The largest absolute Gasteiger partial charge is 0.495 e. The van der Waals surface area contributed by atoms with Gasteiger partial charge in [0.2, 0.25) is 0 Å². The molecule has 5 rings (SSSR count). The molecule has 1 aliphatic heterocycles. The number of aryl methyl sites for hydroxylation is 2. The molecule has 0 atom stereocenters. The maximum atomic E-state index is 6.44. The van der Waals surface area contributed by atoms with Crippen LogP contribution >= 0.6 is 0 Å². The predicted molar refractivity (Wildman–Crippen MR) is 126 cm³/mol. The van der Waals surface area contributed by atoms with Crippen LogP contribution in [0.3, 0.4) is 0 Å². The highest BCUT2D eigenvalue weighted by molar-refractivity contribution is 6.66. The monoisotopic (exact) mass is 397 g/mol. The summed E-state index contributed by atoms with van der Waals surface area (Å²) in [5, 5.41) is 2.43. The summed E-state index contributed by atoms with van der Waals surface area (Å²) < 4.78 is 15.3. The summed E-state index contributed by atoms with van der Waals surface area (Å²) in [6.45, 7) is 12.7. The van der Waals surface area contributed by atoms with Crippen molar-refractivity contribution < 1.29 is 9.31 Å². The lowest BCUT2D eigenvalue weighted by molar-refractivity contribution is 0.00578. The number of fused-ring (bicyclic) bond motifs is 3. The fourth-order valence-corrected chi connectivity index (χ4v) is 4.45. The van der Waals surface area contributed by atoms with Gasteiger partial charge in [0.25, 0.3) is 0 Å². The average Bonchev–Trinajstić information content (AvgIpc) is 3.11. The van der Waals surface area contributed by atoms with E-state index < -0.39 is 7.12 Å². The Kier molecular flexibility index (Phi) is 4.19.